The van der Waals surface area contributed by atoms with Crippen LogP contribution in [0.5, 0.6) is 0 Å². The van der Waals surface area contributed by atoms with Gasteiger partial charge < -0.3 is 9.88 Å². The van der Waals surface area contributed by atoms with Crippen LogP contribution in [0.15, 0.2) is 54.6 Å². The van der Waals surface area contributed by atoms with Crippen molar-refractivity contribution in [1.82, 2.24) is 14.9 Å². The highest BCUT2D eigenvalue weighted by atomic mass is 35.5. The first-order valence-corrected chi connectivity index (χ1v) is 11.5. The molecule has 0 radical (unpaired) electrons. The average Bonchev–Trinajstić information content (AvgIpc) is 3.17. The summed E-state index contributed by atoms with van der Waals surface area (Å²) in [5.74, 6) is 0.281. The number of carbonyl (C=O) groups excluding carboxylic acids is 1. The number of carbonyl (C=O) groups is 1. The predicted octanol–water partition coefficient (Wildman–Crippen LogP) is 6.37. The monoisotopic (exact) mass is 431 g/mol. The van der Waals surface area contributed by atoms with Crippen molar-refractivity contribution < 1.29 is 4.79 Å². The standard InChI is InChI=1S/C26H26ClN3O/c27-19-12-14-23-21(17-19)20(8-6-10-25(31)30-15-4-1-5-16-30)26(29-23)24-13-11-18-7-2-3-9-22(18)28-24/h2-3,7,9,11-14,17,29H,1,4-6,8,10,15-16H2. The number of hydrogen-bond donors (Lipinski definition) is 1. The normalized spacial score (nSPS) is 14.4. The number of hydrogen-bond acceptors (Lipinski definition) is 2. The zero-order valence-corrected chi connectivity index (χ0v) is 18.3. The Morgan fingerprint density at radius 3 is 2.74 bits per heavy atom. The molecule has 1 aliphatic heterocycles. The molecule has 0 atom stereocenters. The third kappa shape index (κ3) is 4.17. The fourth-order valence-corrected chi connectivity index (χ4v) is 4.79. The van der Waals surface area contributed by atoms with Crippen LogP contribution in [0.3, 0.4) is 0 Å². The van der Waals surface area contributed by atoms with Gasteiger partial charge in [0.05, 0.1) is 16.9 Å². The minimum absolute atomic E-state index is 0.281. The Bertz CT molecular complexity index is 1240. The average molecular weight is 432 g/mol. The second kappa shape index (κ2) is 8.72. The number of pyridine rings is 1. The summed E-state index contributed by atoms with van der Waals surface area (Å²) in [5.41, 5.74) is 5.15. The Balaban J connectivity index is 1.45. The van der Waals surface area contributed by atoms with E-state index in [0.29, 0.717) is 6.42 Å². The van der Waals surface area contributed by atoms with Gasteiger partial charge in [-0.2, -0.15) is 0 Å². The van der Waals surface area contributed by atoms with Gasteiger partial charge in [-0.25, -0.2) is 4.98 Å². The van der Waals surface area contributed by atoms with Gasteiger partial charge in [0.15, 0.2) is 0 Å². The van der Waals surface area contributed by atoms with Crippen LogP contribution in [0.1, 0.15) is 37.7 Å². The van der Waals surface area contributed by atoms with Gasteiger partial charge in [-0.3, -0.25) is 4.79 Å². The Morgan fingerprint density at radius 2 is 1.87 bits per heavy atom. The van der Waals surface area contributed by atoms with E-state index < -0.39 is 0 Å². The van der Waals surface area contributed by atoms with Crippen molar-refractivity contribution >= 4 is 39.3 Å². The van der Waals surface area contributed by atoms with Gasteiger partial charge in [-0.15, -0.1) is 0 Å². The van der Waals surface area contributed by atoms with E-state index >= 15 is 0 Å². The number of piperidine rings is 1. The number of amides is 1. The van der Waals surface area contributed by atoms with Crippen LogP contribution < -0.4 is 0 Å². The van der Waals surface area contributed by atoms with E-state index in [1.54, 1.807) is 0 Å². The molecule has 2 aromatic heterocycles. The number of likely N-dealkylation sites (tertiary alicyclic amines) is 1. The number of para-hydroxylation sites is 1. The second-order valence-electron chi connectivity index (χ2n) is 8.35. The van der Waals surface area contributed by atoms with Gasteiger partial charge >= 0.3 is 0 Å². The van der Waals surface area contributed by atoms with Gasteiger partial charge in [-0.05, 0) is 68.0 Å². The number of rotatable bonds is 5. The largest absolute Gasteiger partial charge is 0.353 e. The molecule has 3 heterocycles. The molecule has 4 aromatic rings. The molecule has 1 fully saturated rings. The zero-order chi connectivity index (χ0) is 21.2. The van der Waals surface area contributed by atoms with Crippen LogP contribution in [0.4, 0.5) is 0 Å². The van der Waals surface area contributed by atoms with Gasteiger partial charge in [0.2, 0.25) is 5.91 Å². The number of benzene rings is 2. The molecule has 2 aromatic carbocycles. The molecule has 0 saturated carbocycles. The van der Waals surface area contributed by atoms with Crippen molar-refractivity contribution in [2.45, 2.75) is 38.5 Å². The summed E-state index contributed by atoms with van der Waals surface area (Å²) < 4.78 is 0. The van der Waals surface area contributed by atoms with Crippen molar-refractivity contribution in [2.75, 3.05) is 13.1 Å². The van der Waals surface area contributed by atoms with Gasteiger partial charge in [0, 0.05) is 40.8 Å². The molecule has 1 amide bonds. The molecule has 0 spiro atoms. The van der Waals surface area contributed by atoms with E-state index in [9.17, 15) is 4.79 Å². The van der Waals surface area contributed by atoms with E-state index in [1.165, 1.54) is 12.0 Å². The molecule has 0 bridgehead atoms. The highest BCUT2D eigenvalue weighted by molar-refractivity contribution is 6.31. The summed E-state index contributed by atoms with van der Waals surface area (Å²) in [6.45, 7) is 1.82. The SMILES string of the molecule is O=C(CCCc1c(-c2ccc3ccccc3n2)[nH]c2ccc(Cl)cc12)N1CCCCC1. The van der Waals surface area contributed by atoms with Crippen LogP contribution >= 0.6 is 11.6 Å². The van der Waals surface area contributed by atoms with E-state index in [1.807, 2.05) is 41.3 Å². The topological polar surface area (TPSA) is 49.0 Å². The Morgan fingerprint density at radius 1 is 1.03 bits per heavy atom. The number of halogens is 1. The number of aromatic amines is 1. The number of fused-ring (bicyclic) bond motifs is 2. The van der Waals surface area contributed by atoms with Crippen LogP contribution in [0.2, 0.25) is 5.02 Å². The van der Waals surface area contributed by atoms with Crippen LogP contribution in [-0.2, 0) is 11.2 Å². The number of H-pyrrole nitrogens is 1. The van der Waals surface area contributed by atoms with Crippen molar-refractivity contribution in [3.05, 3.63) is 65.2 Å². The van der Waals surface area contributed by atoms with Crippen molar-refractivity contribution in [2.24, 2.45) is 0 Å². The number of aromatic nitrogens is 2. The molecule has 31 heavy (non-hydrogen) atoms. The Hall–Kier alpha value is -2.85. The van der Waals surface area contributed by atoms with Crippen molar-refractivity contribution in [1.29, 1.82) is 0 Å². The minimum Gasteiger partial charge on any atom is -0.353 e. The Kier molecular flexibility index (Phi) is 5.65. The van der Waals surface area contributed by atoms with E-state index in [0.717, 1.165) is 77.0 Å². The highest BCUT2D eigenvalue weighted by Gasteiger charge is 2.18. The number of aryl methyl sites for hydroxylation is 1. The molecule has 0 unspecified atom stereocenters. The smallest absolute Gasteiger partial charge is 0.222 e. The van der Waals surface area contributed by atoms with Gasteiger partial charge in [0.1, 0.15) is 0 Å². The van der Waals surface area contributed by atoms with Crippen LogP contribution in [-0.4, -0.2) is 33.9 Å². The third-order valence-corrected chi connectivity index (χ3v) is 6.48. The zero-order valence-electron chi connectivity index (χ0n) is 17.5. The number of nitrogens with one attached hydrogen (secondary N) is 1. The van der Waals surface area contributed by atoms with E-state index in [2.05, 4.69) is 23.2 Å². The van der Waals surface area contributed by atoms with Gasteiger partial charge in [0.25, 0.3) is 0 Å². The molecule has 0 aliphatic carbocycles. The third-order valence-electron chi connectivity index (χ3n) is 6.25. The fourth-order valence-electron chi connectivity index (χ4n) is 4.62. The molecule has 158 valence electrons. The first-order chi connectivity index (χ1) is 15.2. The number of nitrogens with zero attached hydrogens (tertiary/aromatic N) is 2. The van der Waals surface area contributed by atoms with E-state index in [4.69, 9.17) is 16.6 Å². The maximum Gasteiger partial charge on any atom is 0.222 e. The first kappa shape index (κ1) is 20.1. The molecular weight excluding hydrogens is 406 g/mol. The summed E-state index contributed by atoms with van der Waals surface area (Å²) in [7, 11) is 0. The summed E-state index contributed by atoms with van der Waals surface area (Å²) in [4.78, 5) is 23.1. The molecule has 4 nitrogen and oxygen atoms in total. The maximum atomic E-state index is 12.6. The first-order valence-electron chi connectivity index (χ1n) is 11.1. The summed E-state index contributed by atoms with van der Waals surface area (Å²) in [6, 6.07) is 18.3. The summed E-state index contributed by atoms with van der Waals surface area (Å²) >= 11 is 6.32. The predicted molar refractivity (Wildman–Crippen MR) is 127 cm³/mol. The highest BCUT2D eigenvalue weighted by Crippen LogP contribution is 2.33. The van der Waals surface area contributed by atoms with Gasteiger partial charge in [-0.1, -0.05) is 35.9 Å². The molecule has 5 heteroatoms. The van der Waals surface area contributed by atoms with Crippen molar-refractivity contribution in [3.8, 4) is 11.4 Å². The Labute approximate surface area is 187 Å². The maximum absolute atomic E-state index is 12.6. The lowest BCUT2D eigenvalue weighted by atomic mass is 10.0. The second-order valence-corrected chi connectivity index (χ2v) is 8.79. The summed E-state index contributed by atoms with van der Waals surface area (Å²) in [5, 5.41) is 2.96. The lowest BCUT2D eigenvalue weighted by molar-refractivity contribution is -0.132. The quantitative estimate of drug-likeness (QED) is 0.399. The fraction of sp³-hybridized carbons (Fsp3) is 0.308. The van der Waals surface area contributed by atoms with Crippen molar-refractivity contribution in [3.63, 3.8) is 0 Å². The molecular formula is C26H26ClN3O. The van der Waals surface area contributed by atoms with Crippen LogP contribution in [0.25, 0.3) is 33.2 Å². The molecule has 1 saturated heterocycles. The lowest BCUT2D eigenvalue weighted by Crippen LogP contribution is -2.35. The lowest BCUT2D eigenvalue weighted by Gasteiger charge is -2.26. The van der Waals surface area contributed by atoms with Crippen LogP contribution in [0, 0.1) is 0 Å². The molecule has 5 rings (SSSR count). The molecule has 1 aliphatic rings. The summed E-state index contributed by atoms with van der Waals surface area (Å²) in [6.07, 6.45) is 5.70. The molecule has 1 N–H and O–H groups in total. The van der Waals surface area contributed by atoms with E-state index in [-0.39, 0.29) is 5.91 Å². The minimum atomic E-state index is 0.281.